The Hall–Kier alpha value is -2.57. The van der Waals surface area contributed by atoms with E-state index in [1.54, 1.807) is 11.7 Å². The van der Waals surface area contributed by atoms with Crippen LogP contribution in [-0.4, -0.2) is 40.9 Å². The summed E-state index contributed by atoms with van der Waals surface area (Å²) in [5.41, 5.74) is 2.30. The first-order valence-corrected chi connectivity index (χ1v) is 7.58. The van der Waals surface area contributed by atoms with Crippen molar-refractivity contribution in [1.82, 2.24) is 25.4 Å². The molecule has 0 aliphatic heterocycles. The van der Waals surface area contributed by atoms with Crippen molar-refractivity contribution < 1.29 is 4.74 Å². The number of ether oxygens (including phenoxy) is 1. The fourth-order valence-corrected chi connectivity index (χ4v) is 2.21. The molecule has 1 aromatic carbocycles. The highest BCUT2D eigenvalue weighted by Crippen LogP contribution is 2.21. The van der Waals surface area contributed by atoms with Crippen molar-refractivity contribution in [1.29, 1.82) is 0 Å². The average molecular weight is 316 g/mol. The van der Waals surface area contributed by atoms with Gasteiger partial charge in [-0.15, -0.1) is 0 Å². The van der Waals surface area contributed by atoms with E-state index in [-0.39, 0.29) is 0 Å². The van der Waals surface area contributed by atoms with Crippen LogP contribution in [0.5, 0.6) is 5.75 Å². The van der Waals surface area contributed by atoms with Crippen molar-refractivity contribution in [3.8, 4) is 5.75 Å². The zero-order valence-electron chi connectivity index (χ0n) is 14.1. The minimum atomic E-state index is 0.563. The van der Waals surface area contributed by atoms with E-state index >= 15 is 0 Å². The maximum atomic E-state index is 5.86. The van der Waals surface area contributed by atoms with Gasteiger partial charge >= 0.3 is 0 Å². The molecule has 1 heterocycles. The number of hydrogen-bond acceptors (Lipinski definition) is 4. The van der Waals surface area contributed by atoms with Gasteiger partial charge in [-0.2, -0.15) is 5.10 Å². The van der Waals surface area contributed by atoms with Gasteiger partial charge in [0.2, 0.25) is 0 Å². The Labute approximate surface area is 136 Å². The largest absolute Gasteiger partial charge is 0.491 e. The highest BCUT2D eigenvalue weighted by atomic mass is 16.5. The van der Waals surface area contributed by atoms with Crippen LogP contribution in [0.3, 0.4) is 0 Å². The third-order valence-electron chi connectivity index (χ3n) is 3.49. The first-order chi connectivity index (χ1) is 11.1. The number of nitrogens with zero attached hydrogens (tertiary/aromatic N) is 4. The van der Waals surface area contributed by atoms with Crippen LogP contribution in [0.25, 0.3) is 0 Å². The van der Waals surface area contributed by atoms with E-state index in [0.717, 1.165) is 22.7 Å². The van der Waals surface area contributed by atoms with Gasteiger partial charge in [0.1, 0.15) is 24.5 Å². The Morgan fingerprint density at radius 3 is 2.61 bits per heavy atom. The zero-order chi connectivity index (χ0) is 16.7. The minimum absolute atomic E-state index is 0.563. The van der Waals surface area contributed by atoms with Crippen LogP contribution < -0.4 is 15.4 Å². The maximum absolute atomic E-state index is 5.86. The molecule has 0 spiro atoms. The number of benzene rings is 1. The summed E-state index contributed by atoms with van der Waals surface area (Å²) in [5, 5.41) is 10.4. The van der Waals surface area contributed by atoms with Gasteiger partial charge in [0.15, 0.2) is 5.96 Å². The predicted octanol–water partition coefficient (Wildman–Crippen LogP) is 1.18. The molecule has 2 N–H and O–H groups in total. The number of aromatic nitrogens is 3. The summed E-state index contributed by atoms with van der Waals surface area (Å²) in [6.07, 6.45) is 1.53. The van der Waals surface area contributed by atoms with Gasteiger partial charge in [-0.25, -0.2) is 4.98 Å². The number of guanidine groups is 1. The second-order valence-electron chi connectivity index (χ2n) is 5.22. The molecule has 2 rings (SSSR count). The Morgan fingerprint density at radius 1 is 1.26 bits per heavy atom. The molecule has 0 atom stereocenters. The van der Waals surface area contributed by atoms with Crippen LogP contribution in [0, 0.1) is 13.8 Å². The van der Waals surface area contributed by atoms with Crippen LogP contribution in [0.1, 0.15) is 17.0 Å². The summed E-state index contributed by atoms with van der Waals surface area (Å²) in [7, 11) is 3.59. The van der Waals surface area contributed by atoms with E-state index in [4.69, 9.17) is 4.74 Å². The molecule has 0 unspecified atom stereocenters. The number of nitrogens with one attached hydrogen (secondary N) is 2. The monoisotopic (exact) mass is 316 g/mol. The van der Waals surface area contributed by atoms with Gasteiger partial charge in [-0.1, -0.05) is 18.2 Å². The first-order valence-electron chi connectivity index (χ1n) is 7.58. The molecule has 0 amide bonds. The van der Waals surface area contributed by atoms with E-state index < -0.39 is 0 Å². The summed E-state index contributed by atoms with van der Waals surface area (Å²) in [6, 6.07) is 6.14. The fourth-order valence-electron chi connectivity index (χ4n) is 2.21. The second kappa shape index (κ2) is 8.17. The highest BCUT2D eigenvalue weighted by Gasteiger charge is 2.04. The standard InChI is InChI=1S/C16H24N6O/c1-12-6-5-7-13(2)15(12)23-9-8-18-16(17-3)19-10-14-20-11-21-22(14)4/h5-7,11H,8-10H2,1-4H3,(H2,17,18,19). The lowest BCUT2D eigenvalue weighted by Crippen LogP contribution is -2.39. The molecule has 0 aliphatic rings. The van der Waals surface area contributed by atoms with E-state index in [0.29, 0.717) is 25.7 Å². The molecule has 0 aliphatic carbocycles. The Kier molecular flexibility index (Phi) is 5.96. The summed E-state index contributed by atoms with van der Waals surface area (Å²) in [4.78, 5) is 8.34. The number of hydrogen-bond donors (Lipinski definition) is 2. The Bertz CT molecular complexity index is 644. The quantitative estimate of drug-likeness (QED) is 0.475. The van der Waals surface area contributed by atoms with Crippen molar-refractivity contribution >= 4 is 5.96 Å². The number of para-hydroxylation sites is 1. The lowest BCUT2D eigenvalue weighted by molar-refractivity contribution is 0.317. The molecule has 0 fully saturated rings. The van der Waals surface area contributed by atoms with E-state index in [1.165, 1.54) is 6.33 Å². The summed E-state index contributed by atoms with van der Waals surface area (Å²) in [6.45, 7) is 5.89. The van der Waals surface area contributed by atoms with E-state index in [9.17, 15) is 0 Å². The van der Waals surface area contributed by atoms with Gasteiger partial charge in [0.05, 0.1) is 13.1 Å². The van der Waals surface area contributed by atoms with Crippen LogP contribution >= 0.6 is 0 Å². The molecule has 23 heavy (non-hydrogen) atoms. The van der Waals surface area contributed by atoms with Crippen LogP contribution in [0.4, 0.5) is 0 Å². The smallest absolute Gasteiger partial charge is 0.191 e. The van der Waals surface area contributed by atoms with Gasteiger partial charge in [-0.05, 0) is 25.0 Å². The van der Waals surface area contributed by atoms with Crippen LogP contribution in [0.2, 0.25) is 0 Å². The summed E-state index contributed by atoms with van der Waals surface area (Å²) < 4.78 is 7.59. The highest BCUT2D eigenvalue weighted by molar-refractivity contribution is 5.79. The van der Waals surface area contributed by atoms with E-state index in [1.807, 2.05) is 13.1 Å². The molecule has 0 bridgehead atoms. The van der Waals surface area contributed by atoms with E-state index in [2.05, 4.69) is 51.7 Å². The van der Waals surface area contributed by atoms with Crippen LogP contribution in [-0.2, 0) is 13.6 Å². The van der Waals surface area contributed by atoms with Gasteiger partial charge in [0.25, 0.3) is 0 Å². The van der Waals surface area contributed by atoms with Gasteiger partial charge in [0, 0.05) is 14.1 Å². The molecule has 124 valence electrons. The van der Waals surface area contributed by atoms with Crippen molar-refractivity contribution in [2.24, 2.45) is 12.0 Å². The topological polar surface area (TPSA) is 76.4 Å². The lowest BCUT2D eigenvalue weighted by Gasteiger charge is -2.14. The SMILES string of the molecule is CN=C(NCCOc1c(C)cccc1C)NCc1ncnn1C. The lowest BCUT2D eigenvalue weighted by atomic mass is 10.1. The number of aliphatic imine (C=N–C) groups is 1. The minimum Gasteiger partial charge on any atom is -0.491 e. The molecule has 0 saturated carbocycles. The van der Waals surface area contributed by atoms with Crippen molar-refractivity contribution in [3.63, 3.8) is 0 Å². The summed E-state index contributed by atoms with van der Waals surface area (Å²) >= 11 is 0. The first kappa shape index (κ1) is 16.8. The Balaban J connectivity index is 1.75. The second-order valence-corrected chi connectivity index (χ2v) is 5.22. The molecule has 1 aromatic heterocycles. The fraction of sp³-hybridized carbons (Fsp3) is 0.438. The number of rotatable bonds is 6. The normalized spacial score (nSPS) is 11.4. The molecular weight excluding hydrogens is 292 g/mol. The Morgan fingerprint density at radius 2 is 2.00 bits per heavy atom. The summed E-state index contributed by atoms with van der Waals surface area (Å²) in [5.74, 6) is 2.51. The van der Waals surface area contributed by atoms with Crippen molar-refractivity contribution in [3.05, 3.63) is 41.5 Å². The van der Waals surface area contributed by atoms with Gasteiger partial charge in [-0.3, -0.25) is 9.67 Å². The molecule has 2 aromatic rings. The average Bonchev–Trinajstić information content (AvgIpc) is 2.94. The zero-order valence-corrected chi connectivity index (χ0v) is 14.1. The molecule has 7 nitrogen and oxygen atoms in total. The third kappa shape index (κ3) is 4.70. The van der Waals surface area contributed by atoms with Crippen molar-refractivity contribution in [2.75, 3.05) is 20.2 Å². The predicted molar refractivity (Wildman–Crippen MR) is 90.6 cm³/mol. The molecule has 0 radical (unpaired) electrons. The van der Waals surface area contributed by atoms with Crippen LogP contribution in [0.15, 0.2) is 29.5 Å². The molecular formula is C16H24N6O. The van der Waals surface area contributed by atoms with Crippen molar-refractivity contribution in [2.45, 2.75) is 20.4 Å². The van der Waals surface area contributed by atoms with Gasteiger partial charge < -0.3 is 15.4 Å². The molecule has 7 heteroatoms. The molecule has 0 saturated heterocycles. The number of aryl methyl sites for hydroxylation is 3. The maximum Gasteiger partial charge on any atom is 0.191 e. The third-order valence-corrected chi connectivity index (χ3v) is 3.49.